The molecule has 0 radical (unpaired) electrons. The number of hydrogen-bond acceptors (Lipinski definition) is 3. The second kappa shape index (κ2) is 14.5. The van der Waals surface area contributed by atoms with Crippen LogP contribution in [0.1, 0.15) is 67.2 Å². The molecule has 0 aromatic rings. The van der Waals surface area contributed by atoms with Crippen LogP contribution >= 0.6 is 0 Å². The molecule has 0 saturated heterocycles. The predicted molar refractivity (Wildman–Crippen MR) is 78.8 cm³/mol. The van der Waals surface area contributed by atoms with Crippen LogP contribution in [0.3, 0.4) is 0 Å². The van der Waals surface area contributed by atoms with Gasteiger partial charge in [-0.2, -0.15) is 0 Å². The summed E-state index contributed by atoms with van der Waals surface area (Å²) in [5.41, 5.74) is 0. The molecule has 0 rings (SSSR count). The van der Waals surface area contributed by atoms with Crippen LogP contribution in [0, 0.1) is 5.92 Å². The van der Waals surface area contributed by atoms with Crippen LogP contribution in [0.4, 0.5) is 0 Å². The number of carbonyl (C=O) groups excluding carboxylic acids is 1. The van der Waals surface area contributed by atoms with Crippen molar-refractivity contribution in [3.8, 4) is 0 Å². The van der Waals surface area contributed by atoms with Crippen molar-refractivity contribution < 1.29 is 9.53 Å². The van der Waals surface area contributed by atoms with Crippen LogP contribution in [0.15, 0.2) is 0 Å². The standard InChI is InChI=1S/C13H27NO2.C2H6/c1-5-8-9-11(4)14-10-12(6-2)13(15)16-7-3;1-2/h11-12,14H,5-10H2,1-4H3;1-2H3. The second-order valence-corrected chi connectivity index (χ2v) is 4.31. The highest BCUT2D eigenvalue weighted by molar-refractivity contribution is 5.72. The smallest absolute Gasteiger partial charge is 0.310 e. The van der Waals surface area contributed by atoms with Crippen molar-refractivity contribution >= 4 is 5.97 Å². The fourth-order valence-corrected chi connectivity index (χ4v) is 1.61. The van der Waals surface area contributed by atoms with Crippen LogP contribution < -0.4 is 5.32 Å². The number of hydrogen-bond donors (Lipinski definition) is 1. The van der Waals surface area contributed by atoms with E-state index in [1.54, 1.807) is 0 Å². The molecule has 0 heterocycles. The Balaban J connectivity index is 0. The third-order valence-electron chi connectivity index (χ3n) is 2.82. The fourth-order valence-electron chi connectivity index (χ4n) is 1.61. The molecule has 0 aliphatic carbocycles. The molecule has 2 unspecified atom stereocenters. The molecular weight excluding hydrogens is 226 g/mol. The summed E-state index contributed by atoms with van der Waals surface area (Å²) in [5.74, 6) is -0.0655. The quantitative estimate of drug-likeness (QED) is 0.641. The Bertz CT molecular complexity index is 183. The van der Waals surface area contributed by atoms with Gasteiger partial charge in [0.1, 0.15) is 0 Å². The molecular formula is C15H33NO2. The molecule has 3 heteroatoms. The maximum atomic E-state index is 11.5. The molecule has 0 aliphatic rings. The zero-order valence-electron chi connectivity index (χ0n) is 13.2. The Labute approximate surface area is 114 Å². The molecule has 3 nitrogen and oxygen atoms in total. The van der Waals surface area contributed by atoms with Crippen molar-refractivity contribution in [3.05, 3.63) is 0 Å². The first-order valence-corrected chi connectivity index (χ1v) is 7.55. The molecule has 1 N–H and O–H groups in total. The zero-order chi connectivity index (χ0) is 14.4. The van der Waals surface area contributed by atoms with E-state index in [1.807, 2.05) is 27.7 Å². The van der Waals surface area contributed by atoms with Crippen LogP contribution in [0.2, 0.25) is 0 Å². The Kier molecular flexibility index (Phi) is 15.9. The summed E-state index contributed by atoms with van der Waals surface area (Å²) >= 11 is 0. The maximum absolute atomic E-state index is 11.5. The van der Waals surface area contributed by atoms with Crippen LogP contribution in [-0.4, -0.2) is 25.2 Å². The molecule has 0 aliphatic heterocycles. The molecule has 0 spiro atoms. The summed E-state index contributed by atoms with van der Waals surface area (Å²) in [6.45, 7) is 13.5. The first kappa shape index (κ1) is 19.8. The predicted octanol–water partition coefficient (Wildman–Crippen LogP) is 3.77. The van der Waals surface area contributed by atoms with Gasteiger partial charge in [0, 0.05) is 12.6 Å². The number of unbranched alkanes of at least 4 members (excludes halogenated alkanes) is 1. The monoisotopic (exact) mass is 259 g/mol. The highest BCUT2D eigenvalue weighted by Crippen LogP contribution is 2.06. The molecule has 110 valence electrons. The topological polar surface area (TPSA) is 38.3 Å². The van der Waals surface area contributed by atoms with E-state index in [0.29, 0.717) is 12.6 Å². The van der Waals surface area contributed by atoms with Crippen molar-refractivity contribution in [2.45, 2.75) is 73.3 Å². The van der Waals surface area contributed by atoms with Gasteiger partial charge < -0.3 is 10.1 Å². The number of carbonyl (C=O) groups is 1. The SMILES string of the molecule is CC.CCCCC(C)NCC(CC)C(=O)OCC. The van der Waals surface area contributed by atoms with Crippen molar-refractivity contribution in [2.75, 3.05) is 13.2 Å². The molecule has 0 amide bonds. The van der Waals surface area contributed by atoms with Gasteiger partial charge in [-0.15, -0.1) is 0 Å². The van der Waals surface area contributed by atoms with Gasteiger partial charge in [0.15, 0.2) is 0 Å². The van der Waals surface area contributed by atoms with Crippen LogP contribution in [0.5, 0.6) is 0 Å². The maximum Gasteiger partial charge on any atom is 0.310 e. The Morgan fingerprint density at radius 2 is 1.83 bits per heavy atom. The molecule has 0 saturated carbocycles. The molecule has 0 fully saturated rings. The Hall–Kier alpha value is -0.570. The largest absolute Gasteiger partial charge is 0.466 e. The first-order chi connectivity index (χ1) is 8.65. The van der Waals surface area contributed by atoms with E-state index < -0.39 is 0 Å². The normalized spacial score (nSPS) is 13.2. The number of nitrogens with one attached hydrogen (secondary N) is 1. The molecule has 0 aromatic heterocycles. The fraction of sp³-hybridized carbons (Fsp3) is 0.933. The van der Waals surface area contributed by atoms with Gasteiger partial charge in [0.2, 0.25) is 0 Å². The average Bonchev–Trinajstić information content (AvgIpc) is 2.39. The van der Waals surface area contributed by atoms with Gasteiger partial charge in [0.05, 0.1) is 12.5 Å². The highest BCUT2D eigenvalue weighted by Gasteiger charge is 2.17. The van der Waals surface area contributed by atoms with E-state index in [1.165, 1.54) is 19.3 Å². The van der Waals surface area contributed by atoms with Crippen molar-refractivity contribution in [1.82, 2.24) is 5.32 Å². The van der Waals surface area contributed by atoms with Gasteiger partial charge in [-0.25, -0.2) is 0 Å². The number of ether oxygens (including phenoxy) is 1. The minimum absolute atomic E-state index is 0.00373. The summed E-state index contributed by atoms with van der Waals surface area (Å²) in [4.78, 5) is 11.5. The lowest BCUT2D eigenvalue weighted by atomic mass is 10.1. The third kappa shape index (κ3) is 10.6. The summed E-state index contributed by atoms with van der Waals surface area (Å²) in [6, 6.07) is 0.489. The van der Waals surface area contributed by atoms with Gasteiger partial charge in [-0.1, -0.05) is 40.5 Å². The highest BCUT2D eigenvalue weighted by atomic mass is 16.5. The molecule has 2 atom stereocenters. The average molecular weight is 259 g/mol. The Morgan fingerprint density at radius 1 is 1.22 bits per heavy atom. The van der Waals surface area contributed by atoms with Crippen molar-refractivity contribution in [2.24, 2.45) is 5.92 Å². The zero-order valence-corrected chi connectivity index (χ0v) is 13.2. The van der Waals surface area contributed by atoms with Gasteiger partial charge in [0.25, 0.3) is 0 Å². The van der Waals surface area contributed by atoms with E-state index in [2.05, 4.69) is 19.2 Å². The molecule has 0 bridgehead atoms. The lowest BCUT2D eigenvalue weighted by molar-refractivity contribution is -0.148. The number of esters is 1. The minimum atomic E-state index is -0.0693. The van der Waals surface area contributed by atoms with Gasteiger partial charge in [-0.05, 0) is 26.7 Å². The number of rotatable bonds is 9. The second-order valence-electron chi connectivity index (χ2n) is 4.31. The molecule has 0 aromatic carbocycles. The van der Waals surface area contributed by atoms with Crippen LogP contribution in [-0.2, 0) is 9.53 Å². The summed E-state index contributed by atoms with van der Waals surface area (Å²) in [7, 11) is 0. The van der Waals surface area contributed by atoms with E-state index in [4.69, 9.17) is 4.74 Å². The summed E-state index contributed by atoms with van der Waals surface area (Å²) in [5, 5.41) is 3.41. The Morgan fingerprint density at radius 3 is 2.28 bits per heavy atom. The van der Waals surface area contributed by atoms with E-state index in [-0.39, 0.29) is 11.9 Å². The first-order valence-electron chi connectivity index (χ1n) is 7.55. The van der Waals surface area contributed by atoms with E-state index >= 15 is 0 Å². The van der Waals surface area contributed by atoms with Crippen molar-refractivity contribution in [3.63, 3.8) is 0 Å². The van der Waals surface area contributed by atoms with Crippen LogP contribution in [0.25, 0.3) is 0 Å². The summed E-state index contributed by atoms with van der Waals surface area (Å²) in [6.07, 6.45) is 4.48. The lowest BCUT2D eigenvalue weighted by Crippen LogP contribution is -2.34. The third-order valence-corrected chi connectivity index (χ3v) is 2.82. The lowest BCUT2D eigenvalue weighted by Gasteiger charge is -2.18. The molecule has 18 heavy (non-hydrogen) atoms. The van der Waals surface area contributed by atoms with E-state index in [0.717, 1.165) is 13.0 Å². The van der Waals surface area contributed by atoms with Gasteiger partial charge >= 0.3 is 5.97 Å². The van der Waals surface area contributed by atoms with Gasteiger partial charge in [-0.3, -0.25) is 4.79 Å². The van der Waals surface area contributed by atoms with Crippen molar-refractivity contribution in [1.29, 1.82) is 0 Å². The minimum Gasteiger partial charge on any atom is -0.466 e. The van der Waals surface area contributed by atoms with E-state index in [9.17, 15) is 4.79 Å². The summed E-state index contributed by atoms with van der Waals surface area (Å²) < 4.78 is 5.03.